The van der Waals surface area contributed by atoms with Gasteiger partial charge in [-0.05, 0) is 43.5 Å². The Kier molecular flexibility index (Phi) is 6.48. The number of ether oxygens (including phenoxy) is 1. The third kappa shape index (κ3) is 3.70. The van der Waals surface area contributed by atoms with Crippen LogP contribution in [0.15, 0.2) is 23.2 Å². The Balaban J connectivity index is 2.04. The van der Waals surface area contributed by atoms with E-state index >= 15 is 0 Å². The van der Waals surface area contributed by atoms with Gasteiger partial charge in [0, 0.05) is 11.1 Å². The molecule has 0 spiro atoms. The van der Waals surface area contributed by atoms with Crippen LogP contribution in [0.2, 0.25) is 0 Å². The molecule has 0 aromatic heterocycles. The summed E-state index contributed by atoms with van der Waals surface area (Å²) in [6.07, 6.45) is 5.65. The second kappa shape index (κ2) is 8.74. The highest BCUT2D eigenvalue weighted by Crippen LogP contribution is 2.48. The van der Waals surface area contributed by atoms with Crippen LogP contribution in [-0.4, -0.2) is 5.71 Å². The van der Waals surface area contributed by atoms with Gasteiger partial charge in [0.2, 0.25) is 34.8 Å². The Labute approximate surface area is 172 Å². The largest absolute Gasteiger partial charge is 0.451 e. The fourth-order valence-corrected chi connectivity index (χ4v) is 4.05. The predicted molar refractivity (Wildman–Crippen MR) is 106 cm³/mol. The predicted octanol–water partition coefficient (Wildman–Crippen LogP) is 7.90. The van der Waals surface area contributed by atoms with Gasteiger partial charge in [0.05, 0.1) is 5.69 Å². The van der Waals surface area contributed by atoms with Crippen molar-refractivity contribution in [2.75, 3.05) is 0 Å². The first-order chi connectivity index (χ1) is 14.3. The Hall–Kier alpha value is -2.44. The van der Waals surface area contributed by atoms with Crippen molar-refractivity contribution in [1.29, 1.82) is 0 Å². The molecule has 1 aliphatic rings. The minimum absolute atomic E-state index is 0.000713. The molecule has 2 nitrogen and oxygen atoms in total. The van der Waals surface area contributed by atoms with Crippen LogP contribution in [0.25, 0.3) is 0 Å². The van der Waals surface area contributed by atoms with Crippen LogP contribution in [0.5, 0.6) is 11.5 Å². The fraction of sp³-hybridized carbons (Fsp3) is 0.435. The molecule has 0 aliphatic carbocycles. The minimum Gasteiger partial charge on any atom is -0.451 e. The summed E-state index contributed by atoms with van der Waals surface area (Å²) in [6, 6.07) is 4.68. The van der Waals surface area contributed by atoms with Crippen molar-refractivity contribution in [3.63, 3.8) is 0 Å². The molecule has 30 heavy (non-hydrogen) atoms. The summed E-state index contributed by atoms with van der Waals surface area (Å²) in [6.45, 7) is 6.16. The Morgan fingerprint density at radius 3 is 1.90 bits per heavy atom. The maximum absolute atomic E-state index is 14.0. The molecule has 0 atom stereocenters. The van der Waals surface area contributed by atoms with Gasteiger partial charge in [-0.25, -0.2) is 13.2 Å². The number of halogens is 5. The quantitative estimate of drug-likeness (QED) is 0.239. The molecular formula is C23H24F5NO. The lowest BCUT2D eigenvalue weighted by Crippen LogP contribution is -2.31. The molecule has 7 heteroatoms. The third-order valence-corrected chi connectivity index (χ3v) is 5.77. The zero-order valence-electron chi connectivity index (χ0n) is 17.2. The van der Waals surface area contributed by atoms with Gasteiger partial charge in [-0.15, -0.1) is 0 Å². The van der Waals surface area contributed by atoms with E-state index in [0.29, 0.717) is 0 Å². The molecule has 0 saturated carbocycles. The topological polar surface area (TPSA) is 21.6 Å². The van der Waals surface area contributed by atoms with E-state index in [2.05, 4.69) is 18.8 Å². The van der Waals surface area contributed by atoms with E-state index in [4.69, 9.17) is 4.74 Å². The molecule has 0 radical (unpaired) electrons. The number of aliphatic imine (C=N–C) groups is 1. The monoisotopic (exact) mass is 425 g/mol. The van der Waals surface area contributed by atoms with Crippen molar-refractivity contribution >= 4 is 11.4 Å². The molecule has 1 heterocycles. The van der Waals surface area contributed by atoms with Crippen molar-refractivity contribution < 1.29 is 26.7 Å². The summed E-state index contributed by atoms with van der Waals surface area (Å²) in [5.74, 6) is -11.6. The molecule has 162 valence electrons. The maximum atomic E-state index is 14.0. The highest BCUT2D eigenvalue weighted by atomic mass is 19.2. The van der Waals surface area contributed by atoms with Crippen LogP contribution in [0.1, 0.15) is 64.9 Å². The van der Waals surface area contributed by atoms with Gasteiger partial charge in [-0.1, -0.05) is 39.5 Å². The van der Waals surface area contributed by atoms with E-state index in [1.54, 1.807) is 12.1 Å². The maximum Gasteiger partial charge on any atom is 0.207 e. The first-order valence-electron chi connectivity index (χ1n) is 10.2. The van der Waals surface area contributed by atoms with Gasteiger partial charge in [0.25, 0.3) is 0 Å². The molecule has 0 fully saturated rings. The van der Waals surface area contributed by atoms with Gasteiger partial charge >= 0.3 is 0 Å². The van der Waals surface area contributed by atoms with Crippen LogP contribution >= 0.6 is 0 Å². The van der Waals surface area contributed by atoms with Gasteiger partial charge in [0.1, 0.15) is 5.75 Å². The average molecular weight is 425 g/mol. The summed E-state index contributed by atoms with van der Waals surface area (Å²) < 4.78 is 73.6. The number of benzene rings is 2. The number of nitrogens with zero attached hydrogens (tertiary/aromatic N) is 1. The molecule has 0 bridgehead atoms. The Morgan fingerprint density at radius 1 is 0.833 bits per heavy atom. The summed E-state index contributed by atoms with van der Waals surface area (Å²) in [7, 11) is 0. The normalized spacial score (nSPS) is 14.6. The van der Waals surface area contributed by atoms with Gasteiger partial charge in [-0.3, -0.25) is 4.99 Å². The molecule has 0 saturated heterocycles. The van der Waals surface area contributed by atoms with Crippen LogP contribution in [0, 0.1) is 29.1 Å². The zero-order valence-corrected chi connectivity index (χ0v) is 17.2. The van der Waals surface area contributed by atoms with Gasteiger partial charge in [0.15, 0.2) is 0 Å². The van der Waals surface area contributed by atoms with Gasteiger partial charge < -0.3 is 4.74 Å². The summed E-state index contributed by atoms with van der Waals surface area (Å²) in [5.41, 5.74) is 2.25. The van der Waals surface area contributed by atoms with E-state index in [0.717, 1.165) is 55.5 Å². The second-order valence-corrected chi connectivity index (χ2v) is 7.67. The summed E-state index contributed by atoms with van der Waals surface area (Å²) in [4.78, 5) is 4.68. The zero-order chi connectivity index (χ0) is 22.1. The molecule has 0 amide bonds. The molecule has 2 aromatic rings. The SMILES string of the molecule is CCCCC1(CCCC)C(C)=Nc2ccc(Oc3c(F)c(F)c(F)c(F)c3F)cc21. The number of rotatable bonds is 8. The van der Waals surface area contributed by atoms with E-state index < -0.39 is 34.8 Å². The average Bonchev–Trinajstić information content (AvgIpc) is 3.02. The first kappa shape index (κ1) is 22.2. The lowest BCUT2D eigenvalue weighted by atomic mass is 9.71. The van der Waals surface area contributed by atoms with Gasteiger partial charge in [-0.2, -0.15) is 8.78 Å². The number of hydrogen-bond acceptors (Lipinski definition) is 2. The molecule has 0 N–H and O–H groups in total. The molecular weight excluding hydrogens is 401 g/mol. The lowest BCUT2D eigenvalue weighted by molar-refractivity contribution is 0.331. The summed E-state index contributed by atoms with van der Waals surface area (Å²) >= 11 is 0. The first-order valence-corrected chi connectivity index (χ1v) is 10.2. The Bertz CT molecular complexity index is 949. The third-order valence-electron chi connectivity index (χ3n) is 5.77. The van der Waals surface area contributed by atoms with E-state index in [-0.39, 0.29) is 11.2 Å². The number of unbranched alkanes of at least 4 members (excludes halogenated alkanes) is 2. The number of hydrogen-bond donors (Lipinski definition) is 0. The highest BCUT2D eigenvalue weighted by Gasteiger charge is 2.40. The number of fused-ring (bicyclic) bond motifs is 1. The van der Waals surface area contributed by atoms with Crippen LogP contribution in [0.4, 0.5) is 27.6 Å². The standard InChI is InChI=1S/C23H24F5NO/c1-4-6-10-23(11-7-5-2)13(3)29-16-9-8-14(12-15(16)23)30-22-20(27)18(25)17(24)19(26)21(22)28/h8-9,12H,4-7,10-11H2,1-3H3. The van der Waals surface area contributed by atoms with E-state index in [1.165, 1.54) is 6.07 Å². The van der Waals surface area contributed by atoms with Crippen molar-refractivity contribution in [1.82, 2.24) is 0 Å². The van der Waals surface area contributed by atoms with Crippen LogP contribution in [0.3, 0.4) is 0 Å². The van der Waals surface area contributed by atoms with Crippen molar-refractivity contribution in [2.24, 2.45) is 4.99 Å². The van der Waals surface area contributed by atoms with Crippen LogP contribution < -0.4 is 4.74 Å². The van der Waals surface area contributed by atoms with Crippen molar-refractivity contribution in [3.8, 4) is 11.5 Å². The van der Waals surface area contributed by atoms with Crippen molar-refractivity contribution in [2.45, 2.75) is 64.7 Å². The van der Waals surface area contributed by atoms with E-state index in [1.807, 2.05) is 6.92 Å². The second-order valence-electron chi connectivity index (χ2n) is 7.67. The lowest BCUT2D eigenvalue weighted by Gasteiger charge is -2.31. The van der Waals surface area contributed by atoms with E-state index in [9.17, 15) is 22.0 Å². The van der Waals surface area contributed by atoms with Crippen molar-refractivity contribution in [3.05, 3.63) is 52.8 Å². The highest BCUT2D eigenvalue weighted by molar-refractivity contribution is 6.00. The van der Waals surface area contributed by atoms with Crippen LogP contribution in [-0.2, 0) is 5.41 Å². The molecule has 0 unspecified atom stereocenters. The minimum atomic E-state index is -2.21. The fourth-order valence-electron chi connectivity index (χ4n) is 4.05. The summed E-state index contributed by atoms with van der Waals surface area (Å²) in [5, 5.41) is 0. The smallest absolute Gasteiger partial charge is 0.207 e. The Morgan fingerprint density at radius 2 is 1.37 bits per heavy atom. The molecule has 2 aromatic carbocycles. The molecule has 1 aliphatic heterocycles. The molecule has 3 rings (SSSR count).